The Morgan fingerprint density at radius 2 is 2.32 bits per heavy atom. The molecule has 0 unspecified atom stereocenters. The van der Waals surface area contributed by atoms with Crippen LogP contribution in [0.2, 0.25) is 0 Å². The highest BCUT2D eigenvalue weighted by molar-refractivity contribution is 7.07. The Bertz CT molecular complexity index is 715. The van der Waals surface area contributed by atoms with Crippen LogP contribution in [0, 0.1) is 6.92 Å². The second-order valence-electron chi connectivity index (χ2n) is 4.43. The number of rotatable bonds is 3. The van der Waals surface area contributed by atoms with E-state index in [4.69, 9.17) is 0 Å². The first-order valence-electron chi connectivity index (χ1n) is 5.97. The minimum atomic E-state index is -0.133. The third-order valence-corrected chi connectivity index (χ3v) is 3.52. The van der Waals surface area contributed by atoms with Crippen molar-refractivity contribution < 1.29 is 4.79 Å². The second kappa shape index (κ2) is 4.85. The summed E-state index contributed by atoms with van der Waals surface area (Å²) in [7, 11) is 0. The highest BCUT2D eigenvalue weighted by Gasteiger charge is 2.07. The van der Waals surface area contributed by atoms with Gasteiger partial charge in [-0.15, -0.1) is 11.3 Å². The summed E-state index contributed by atoms with van der Waals surface area (Å²) in [5.41, 5.74) is 5.47. The van der Waals surface area contributed by atoms with Crippen molar-refractivity contribution in [2.75, 3.05) is 0 Å². The van der Waals surface area contributed by atoms with Crippen LogP contribution in [0.15, 0.2) is 35.2 Å². The molecule has 1 amide bonds. The molecule has 0 fully saturated rings. The number of aromatic nitrogens is 2. The van der Waals surface area contributed by atoms with Crippen LogP contribution in [-0.4, -0.2) is 15.9 Å². The van der Waals surface area contributed by atoms with Crippen molar-refractivity contribution in [1.82, 2.24) is 15.3 Å². The smallest absolute Gasteiger partial charge is 0.271 e. The van der Waals surface area contributed by atoms with E-state index in [0.717, 1.165) is 22.2 Å². The molecule has 5 heteroatoms. The van der Waals surface area contributed by atoms with Crippen LogP contribution in [-0.2, 0) is 6.54 Å². The van der Waals surface area contributed by atoms with Gasteiger partial charge in [-0.1, -0.05) is 6.07 Å². The quantitative estimate of drug-likeness (QED) is 0.769. The highest BCUT2D eigenvalue weighted by Crippen LogP contribution is 2.16. The number of aromatic amines is 1. The number of H-pyrrole nitrogens is 1. The minimum Gasteiger partial charge on any atom is -0.359 e. The number of hydrogen-bond donors (Lipinski definition) is 2. The summed E-state index contributed by atoms with van der Waals surface area (Å²) in [4.78, 5) is 19.0. The van der Waals surface area contributed by atoms with Crippen LogP contribution >= 0.6 is 11.3 Å². The molecule has 0 saturated heterocycles. The van der Waals surface area contributed by atoms with Gasteiger partial charge in [-0.05, 0) is 36.1 Å². The molecular weight excluding hydrogens is 258 g/mol. The zero-order chi connectivity index (χ0) is 13.2. The number of nitrogens with one attached hydrogen (secondary N) is 2. The Hall–Kier alpha value is -2.14. The molecule has 0 atom stereocenters. The molecular formula is C14H13N3OS. The Balaban J connectivity index is 1.73. The summed E-state index contributed by atoms with van der Waals surface area (Å²) in [6.07, 6.45) is 0. The van der Waals surface area contributed by atoms with E-state index in [2.05, 4.69) is 27.4 Å². The topological polar surface area (TPSA) is 57.8 Å². The number of nitrogens with zero attached hydrogens (tertiary/aromatic N) is 1. The fourth-order valence-electron chi connectivity index (χ4n) is 2.03. The van der Waals surface area contributed by atoms with E-state index in [-0.39, 0.29) is 5.91 Å². The molecule has 0 aliphatic carbocycles. The van der Waals surface area contributed by atoms with Crippen LogP contribution in [0.1, 0.15) is 21.7 Å². The lowest BCUT2D eigenvalue weighted by molar-refractivity contribution is 0.0946. The highest BCUT2D eigenvalue weighted by atomic mass is 32.1. The standard InChI is InChI=1S/C14H13N3OS/c1-9-4-11-5-10(2-3-12(11)17-9)6-15-14(18)13-7-19-8-16-13/h2-5,7-8,17H,6H2,1H3,(H,15,18). The summed E-state index contributed by atoms with van der Waals surface area (Å²) in [6, 6.07) is 8.23. The van der Waals surface area contributed by atoms with Gasteiger partial charge in [-0.2, -0.15) is 0 Å². The van der Waals surface area contributed by atoms with E-state index in [1.54, 1.807) is 10.9 Å². The van der Waals surface area contributed by atoms with Crippen LogP contribution in [0.4, 0.5) is 0 Å². The van der Waals surface area contributed by atoms with E-state index < -0.39 is 0 Å². The first-order chi connectivity index (χ1) is 9.22. The van der Waals surface area contributed by atoms with Gasteiger partial charge in [0, 0.05) is 23.1 Å². The van der Waals surface area contributed by atoms with E-state index >= 15 is 0 Å². The van der Waals surface area contributed by atoms with Gasteiger partial charge >= 0.3 is 0 Å². The van der Waals surface area contributed by atoms with Crippen LogP contribution < -0.4 is 5.32 Å². The molecule has 2 N–H and O–H groups in total. The molecule has 0 aliphatic rings. The van der Waals surface area contributed by atoms with Gasteiger partial charge in [0.2, 0.25) is 0 Å². The average molecular weight is 271 g/mol. The van der Waals surface area contributed by atoms with Gasteiger partial charge in [-0.3, -0.25) is 4.79 Å². The van der Waals surface area contributed by atoms with Crippen LogP contribution in [0.25, 0.3) is 10.9 Å². The van der Waals surface area contributed by atoms with Crippen molar-refractivity contribution >= 4 is 28.1 Å². The lowest BCUT2D eigenvalue weighted by atomic mass is 10.1. The number of amides is 1. The Labute approximate surface area is 114 Å². The zero-order valence-corrected chi connectivity index (χ0v) is 11.3. The van der Waals surface area contributed by atoms with Gasteiger partial charge in [0.1, 0.15) is 5.69 Å². The summed E-state index contributed by atoms with van der Waals surface area (Å²) in [5.74, 6) is -0.133. The van der Waals surface area contributed by atoms with Crippen molar-refractivity contribution in [3.8, 4) is 0 Å². The van der Waals surface area contributed by atoms with Crippen LogP contribution in [0.5, 0.6) is 0 Å². The third kappa shape index (κ3) is 2.51. The number of thiazole rings is 1. The van der Waals surface area contributed by atoms with Gasteiger partial charge in [-0.25, -0.2) is 4.98 Å². The maximum Gasteiger partial charge on any atom is 0.271 e. The molecule has 4 nitrogen and oxygen atoms in total. The predicted octanol–water partition coefficient (Wildman–Crippen LogP) is 2.86. The number of fused-ring (bicyclic) bond motifs is 1. The maximum absolute atomic E-state index is 11.8. The van der Waals surface area contributed by atoms with Gasteiger partial charge in [0.15, 0.2) is 0 Å². The lowest BCUT2D eigenvalue weighted by Crippen LogP contribution is -2.22. The van der Waals surface area contributed by atoms with E-state index in [9.17, 15) is 4.79 Å². The largest absolute Gasteiger partial charge is 0.359 e. The molecule has 96 valence electrons. The summed E-state index contributed by atoms with van der Waals surface area (Å²) in [6.45, 7) is 2.54. The van der Waals surface area contributed by atoms with Crippen molar-refractivity contribution in [3.05, 3.63) is 52.1 Å². The predicted molar refractivity (Wildman–Crippen MR) is 76.3 cm³/mol. The van der Waals surface area contributed by atoms with E-state index in [1.807, 2.05) is 19.1 Å². The van der Waals surface area contributed by atoms with E-state index in [0.29, 0.717) is 12.2 Å². The van der Waals surface area contributed by atoms with Crippen molar-refractivity contribution in [2.45, 2.75) is 13.5 Å². The average Bonchev–Trinajstić information content (AvgIpc) is 3.03. The Kier molecular flexibility index (Phi) is 3.05. The summed E-state index contributed by atoms with van der Waals surface area (Å²) in [5, 5.41) is 5.78. The Morgan fingerprint density at radius 3 is 3.11 bits per heavy atom. The fourth-order valence-corrected chi connectivity index (χ4v) is 2.57. The van der Waals surface area contributed by atoms with Gasteiger partial charge in [0.25, 0.3) is 5.91 Å². The summed E-state index contributed by atoms with van der Waals surface area (Å²) >= 11 is 1.42. The van der Waals surface area contributed by atoms with Gasteiger partial charge < -0.3 is 10.3 Å². The molecule has 0 saturated carbocycles. The van der Waals surface area contributed by atoms with Crippen LogP contribution in [0.3, 0.4) is 0 Å². The van der Waals surface area contributed by atoms with Crippen molar-refractivity contribution in [1.29, 1.82) is 0 Å². The molecule has 1 aromatic carbocycles. The number of hydrogen-bond acceptors (Lipinski definition) is 3. The molecule has 3 aromatic rings. The van der Waals surface area contributed by atoms with Crippen molar-refractivity contribution in [2.24, 2.45) is 0 Å². The van der Waals surface area contributed by atoms with Gasteiger partial charge in [0.05, 0.1) is 5.51 Å². The third-order valence-electron chi connectivity index (χ3n) is 2.94. The first kappa shape index (κ1) is 11.9. The number of carbonyl (C=O) groups excluding carboxylic acids is 1. The summed E-state index contributed by atoms with van der Waals surface area (Å²) < 4.78 is 0. The van der Waals surface area contributed by atoms with Crippen molar-refractivity contribution in [3.63, 3.8) is 0 Å². The molecule has 19 heavy (non-hydrogen) atoms. The fraction of sp³-hybridized carbons (Fsp3) is 0.143. The molecule has 2 aromatic heterocycles. The monoisotopic (exact) mass is 271 g/mol. The molecule has 0 aliphatic heterocycles. The molecule has 3 rings (SSSR count). The molecule has 2 heterocycles. The lowest BCUT2D eigenvalue weighted by Gasteiger charge is -2.03. The molecule has 0 bridgehead atoms. The number of benzene rings is 1. The maximum atomic E-state index is 11.8. The van der Waals surface area contributed by atoms with E-state index in [1.165, 1.54) is 11.3 Å². The number of carbonyl (C=O) groups is 1. The first-order valence-corrected chi connectivity index (χ1v) is 6.91. The molecule has 0 radical (unpaired) electrons. The Morgan fingerprint density at radius 1 is 1.42 bits per heavy atom. The molecule has 0 spiro atoms. The minimum absolute atomic E-state index is 0.133. The SMILES string of the molecule is Cc1cc2cc(CNC(=O)c3cscn3)ccc2[nH]1. The second-order valence-corrected chi connectivity index (χ2v) is 5.15. The zero-order valence-electron chi connectivity index (χ0n) is 10.4. The number of aryl methyl sites for hydroxylation is 1. The normalized spacial score (nSPS) is 10.8.